The maximum absolute atomic E-state index is 12.7. The van der Waals surface area contributed by atoms with Crippen molar-refractivity contribution in [2.24, 2.45) is 0 Å². The summed E-state index contributed by atoms with van der Waals surface area (Å²) in [5.41, 5.74) is 2.06. The van der Waals surface area contributed by atoms with Crippen LogP contribution in [0.15, 0.2) is 65.2 Å². The second-order valence-electron chi connectivity index (χ2n) is 7.72. The average Bonchev–Trinajstić information content (AvgIpc) is 3.45. The average molecular weight is 433 g/mol. The standard InChI is InChI=1S/C24H24N4O2S/c29-24(11-10-22-25-16-20(30-22)18-6-2-1-3-7-18)28-14-12-27(13-15-28)17-23-26-19-8-4-5-9-21(19)31-23/h1-9,16H,10-15,17H2. The molecule has 0 unspecified atom stereocenters. The summed E-state index contributed by atoms with van der Waals surface area (Å²) in [5.74, 6) is 1.52. The molecule has 2 aromatic carbocycles. The zero-order valence-corrected chi connectivity index (χ0v) is 18.1. The zero-order valence-electron chi connectivity index (χ0n) is 17.2. The van der Waals surface area contributed by atoms with Crippen LogP contribution in [0.3, 0.4) is 0 Å². The molecule has 1 fully saturated rings. The minimum atomic E-state index is 0.166. The third kappa shape index (κ3) is 4.68. The summed E-state index contributed by atoms with van der Waals surface area (Å²) >= 11 is 1.75. The Hall–Kier alpha value is -3.03. The van der Waals surface area contributed by atoms with Crippen molar-refractivity contribution in [3.63, 3.8) is 0 Å². The molecule has 0 saturated carbocycles. The highest BCUT2D eigenvalue weighted by molar-refractivity contribution is 7.18. The predicted octanol–water partition coefficient (Wildman–Crippen LogP) is 4.23. The molecular weight excluding hydrogens is 408 g/mol. The number of carbonyl (C=O) groups is 1. The number of carbonyl (C=O) groups excluding carboxylic acids is 1. The molecule has 2 aromatic heterocycles. The third-order valence-corrected chi connectivity index (χ3v) is 6.61. The maximum atomic E-state index is 12.7. The molecule has 0 aliphatic carbocycles. The normalized spacial score (nSPS) is 14.9. The van der Waals surface area contributed by atoms with E-state index in [2.05, 4.69) is 28.1 Å². The van der Waals surface area contributed by atoms with Crippen LogP contribution >= 0.6 is 11.3 Å². The van der Waals surface area contributed by atoms with Crippen LogP contribution in [-0.4, -0.2) is 51.9 Å². The number of amides is 1. The van der Waals surface area contributed by atoms with Crippen molar-refractivity contribution in [3.05, 3.63) is 71.7 Å². The van der Waals surface area contributed by atoms with Gasteiger partial charge in [0.25, 0.3) is 0 Å². The molecular formula is C24H24N4O2S. The van der Waals surface area contributed by atoms with Gasteiger partial charge in [0.15, 0.2) is 11.7 Å². The van der Waals surface area contributed by atoms with Gasteiger partial charge >= 0.3 is 0 Å². The second kappa shape index (κ2) is 8.99. The van der Waals surface area contributed by atoms with Crippen LogP contribution in [0.5, 0.6) is 0 Å². The Bertz CT molecular complexity index is 1130. The van der Waals surface area contributed by atoms with E-state index in [0.717, 1.165) is 54.6 Å². The molecule has 1 saturated heterocycles. The van der Waals surface area contributed by atoms with Crippen LogP contribution in [0.1, 0.15) is 17.3 Å². The van der Waals surface area contributed by atoms with E-state index in [1.165, 1.54) is 4.70 Å². The minimum absolute atomic E-state index is 0.166. The van der Waals surface area contributed by atoms with Crippen molar-refractivity contribution < 1.29 is 9.21 Å². The first-order valence-corrected chi connectivity index (χ1v) is 11.4. The van der Waals surface area contributed by atoms with E-state index in [4.69, 9.17) is 9.40 Å². The molecule has 0 N–H and O–H groups in total. The summed E-state index contributed by atoms with van der Waals surface area (Å²) in [6.07, 6.45) is 2.68. The Balaban J connectivity index is 1.10. The van der Waals surface area contributed by atoms with Crippen LogP contribution in [0, 0.1) is 0 Å². The van der Waals surface area contributed by atoms with Crippen molar-refractivity contribution >= 4 is 27.5 Å². The Kier molecular flexibility index (Phi) is 5.78. The SMILES string of the molecule is O=C(CCc1ncc(-c2ccccc2)o1)N1CCN(Cc2nc3ccccc3s2)CC1. The van der Waals surface area contributed by atoms with E-state index in [1.807, 2.05) is 41.3 Å². The van der Waals surface area contributed by atoms with E-state index < -0.39 is 0 Å². The number of hydrogen-bond acceptors (Lipinski definition) is 6. The van der Waals surface area contributed by atoms with Gasteiger partial charge in [-0.05, 0) is 12.1 Å². The van der Waals surface area contributed by atoms with Gasteiger partial charge < -0.3 is 9.32 Å². The van der Waals surface area contributed by atoms with Gasteiger partial charge in [-0.2, -0.15) is 0 Å². The monoisotopic (exact) mass is 432 g/mol. The number of aryl methyl sites for hydroxylation is 1. The molecule has 31 heavy (non-hydrogen) atoms. The number of thiazole rings is 1. The van der Waals surface area contributed by atoms with E-state index in [1.54, 1.807) is 17.5 Å². The Labute approximate surface area is 185 Å². The Morgan fingerprint density at radius 2 is 1.77 bits per heavy atom. The van der Waals surface area contributed by atoms with Gasteiger partial charge in [0.05, 0.1) is 23.0 Å². The van der Waals surface area contributed by atoms with Crippen LogP contribution < -0.4 is 0 Å². The first-order chi connectivity index (χ1) is 15.2. The number of aromatic nitrogens is 2. The highest BCUT2D eigenvalue weighted by atomic mass is 32.1. The molecule has 3 heterocycles. The number of hydrogen-bond donors (Lipinski definition) is 0. The van der Waals surface area contributed by atoms with Crippen LogP contribution in [0.2, 0.25) is 0 Å². The number of piperazine rings is 1. The van der Waals surface area contributed by atoms with Gasteiger partial charge in [0, 0.05) is 44.6 Å². The van der Waals surface area contributed by atoms with E-state index in [-0.39, 0.29) is 5.91 Å². The van der Waals surface area contributed by atoms with Gasteiger partial charge in [0.1, 0.15) is 5.01 Å². The van der Waals surface area contributed by atoms with E-state index >= 15 is 0 Å². The van der Waals surface area contributed by atoms with Crippen LogP contribution in [0.25, 0.3) is 21.5 Å². The fourth-order valence-electron chi connectivity index (χ4n) is 3.87. The third-order valence-electron chi connectivity index (χ3n) is 5.59. The quantitative estimate of drug-likeness (QED) is 0.456. The lowest BCUT2D eigenvalue weighted by molar-refractivity contribution is -0.133. The molecule has 7 heteroatoms. The Morgan fingerprint density at radius 3 is 2.58 bits per heavy atom. The highest BCUT2D eigenvalue weighted by Crippen LogP contribution is 2.23. The zero-order chi connectivity index (χ0) is 21.0. The van der Waals surface area contributed by atoms with Gasteiger partial charge in [-0.1, -0.05) is 42.5 Å². The van der Waals surface area contributed by atoms with Gasteiger partial charge in [-0.25, -0.2) is 9.97 Å². The topological polar surface area (TPSA) is 62.5 Å². The fourth-order valence-corrected chi connectivity index (χ4v) is 4.88. The van der Waals surface area contributed by atoms with Crippen molar-refractivity contribution in [2.45, 2.75) is 19.4 Å². The highest BCUT2D eigenvalue weighted by Gasteiger charge is 2.22. The number of fused-ring (bicyclic) bond motifs is 1. The lowest BCUT2D eigenvalue weighted by Gasteiger charge is -2.34. The number of benzene rings is 2. The maximum Gasteiger partial charge on any atom is 0.223 e. The first-order valence-electron chi connectivity index (χ1n) is 10.6. The Morgan fingerprint density at radius 1 is 1.00 bits per heavy atom. The molecule has 0 bridgehead atoms. The number of para-hydroxylation sites is 1. The summed E-state index contributed by atoms with van der Waals surface area (Å²) in [4.78, 5) is 26.1. The summed E-state index contributed by atoms with van der Waals surface area (Å²) < 4.78 is 7.05. The number of nitrogens with zero attached hydrogens (tertiary/aromatic N) is 4. The lowest BCUT2D eigenvalue weighted by Crippen LogP contribution is -2.48. The lowest BCUT2D eigenvalue weighted by atomic mass is 10.2. The predicted molar refractivity (Wildman–Crippen MR) is 122 cm³/mol. The summed E-state index contributed by atoms with van der Waals surface area (Å²) in [6.45, 7) is 4.10. The summed E-state index contributed by atoms with van der Waals surface area (Å²) in [5, 5.41) is 1.14. The summed E-state index contributed by atoms with van der Waals surface area (Å²) in [6, 6.07) is 18.1. The fraction of sp³-hybridized carbons (Fsp3) is 0.292. The first kappa shape index (κ1) is 19.9. The molecule has 6 nitrogen and oxygen atoms in total. The van der Waals surface area contributed by atoms with Crippen LogP contribution in [-0.2, 0) is 17.8 Å². The second-order valence-corrected chi connectivity index (χ2v) is 8.83. The van der Waals surface area contributed by atoms with Gasteiger partial charge in [-0.3, -0.25) is 9.69 Å². The molecule has 4 aromatic rings. The van der Waals surface area contributed by atoms with E-state index in [9.17, 15) is 4.79 Å². The molecule has 1 amide bonds. The molecule has 1 aliphatic rings. The summed E-state index contributed by atoms with van der Waals surface area (Å²) in [7, 11) is 0. The molecule has 1 aliphatic heterocycles. The van der Waals surface area contributed by atoms with Gasteiger partial charge in [0.2, 0.25) is 5.91 Å². The molecule has 5 rings (SSSR count). The minimum Gasteiger partial charge on any atom is -0.441 e. The van der Waals surface area contributed by atoms with Crippen LogP contribution in [0.4, 0.5) is 0 Å². The smallest absolute Gasteiger partial charge is 0.223 e. The van der Waals surface area contributed by atoms with E-state index in [0.29, 0.717) is 18.7 Å². The number of rotatable bonds is 6. The van der Waals surface area contributed by atoms with Gasteiger partial charge in [-0.15, -0.1) is 11.3 Å². The molecule has 158 valence electrons. The van der Waals surface area contributed by atoms with Crippen molar-refractivity contribution in [1.82, 2.24) is 19.8 Å². The van der Waals surface area contributed by atoms with Crippen molar-refractivity contribution in [3.8, 4) is 11.3 Å². The van der Waals surface area contributed by atoms with Crippen molar-refractivity contribution in [1.29, 1.82) is 0 Å². The number of oxazole rings is 1. The largest absolute Gasteiger partial charge is 0.441 e. The molecule has 0 atom stereocenters. The molecule has 0 spiro atoms. The van der Waals surface area contributed by atoms with Crippen molar-refractivity contribution in [2.75, 3.05) is 26.2 Å². The molecule has 0 radical (unpaired) electrons.